The van der Waals surface area contributed by atoms with Gasteiger partial charge in [0.25, 0.3) is 0 Å². The van der Waals surface area contributed by atoms with E-state index in [0.717, 1.165) is 18.8 Å². The zero-order valence-electron chi connectivity index (χ0n) is 12.6. The minimum absolute atomic E-state index is 0.184. The summed E-state index contributed by atoms with van der Waals surface area (Å²) in [6, 6.07) is 4.09. The van der Waals surface area contributed by atoms with E-state index in [1.165, 1.54) is 0 Å². The van der Waals surface area contributed by atoms with Crippen LogP contribution in [-0.2, 0) is 4.74 Å². The van der Waals surface area contributed by atoms with Crippen LogP contribution in [0.3, 0.4) is 0 Å². The van der Waals surface area contributed by atoms with Crippen LogP contribution in [0.1, 0.15) is 27.2 Å². The highest BCUT2D eigenvalue weighted by Gasteiger charge is 2.47. The highest BCUT2D eigenvalue weighted by molar-refractivity contribution is 5.70. The molecule has 2 atom stereocenters. The van der Waals surface area contributed by atoms with E-state index in [1.54, 1.807) is 6.07 Å². The third-order valence-electron chi connectivity index (χ3n) is 3.83. The number of nitrogen functional groups attached to an aromatic ring is 1. The summed E-state index contributed by atoms with van der Waals surface area (Å²) in [5.41, 5.74) is 5.10. The molecule has 0 radical (unpaired) electrons. The van der Waals surface area contributed by atoms with Crippen LogP contribution in [0.25, 0.3) is 0 Å². The maximum atomic E-state index is 12.2. The number of amides is 1. The van der Waals surface area contributed by atoms with Gasteiger partial charge in [-0.05, 0) is 39.3 Å². The van der Waals surface area contributed by atoms with Crippen LogP contribution in [0.4, 0.5) is 16.4 Å². The fraction of sp³-hybridized carbons (Fsp3) is 0.643. The van der Waals surface area contributed by atoms with Gasteiger partial charge in [-0.1, -0.05) is 0 Å². The molecule has 3 rings (SSSR count). The normalized spacial score (nSPS) is 24.5. The molecule has 1 aromatic rings. The number of fused-ring (bicyclic) bond motifs is 2. The molecule has 2 aliphatic rings. The Morgan fingerprint density at radius 1 is 1.29 bits per heavy atom. The summed E-state index contributed by atoms with van der Waals surface area (Å²) in [7, 11) is 0. The molecule has 0 spiro atoms. The Hall–Kier alpha value is -2.05. The predicted molar refractivity (Wildman–Crippen MR) is 78.9 cm³/mol. The van der Waals surface area contributed by atoms with Gasteiger partial charge in [0.05, 0.1) is 12.1 Å². The first-order chi connectivity index (χ1) is 9.83. The topological polar surface area (TPSA) is 84.6 Å². The van der Waals surface area contributed by atoms with Crippen LogP contribution >= 0.6 is 0 Å². The number of ether oxygens (including phenoxy) is 1. The molecule has 1 amide bonds. The summed E-state index contributed by atoms with van der Waals surface area (Å²) in [6.45, 7) is 7.09. The number of nitrogens with two attached hydrogens (primary N) is 1. The van der Waals surface area contributed by atoms with E-state index in [2.05, 4.69) is 15.1 Å². The van der Waals surface area contributed by atoms with Crippen molar-refractivity contribution in [2.24, 2.45) is 0 Å². The van der Waals surface area contributed by atoms with Crippen molar-refractivity contribution in [2.45, 2.75) is 44.9 Å². The number of hydrogen-bond donors (Lipinski definition) is 1. The lowest BCUT2D eigenvalue weighted by atomic mass is 10.2. The van der Waals surface area contributed by atoms with Crippen molar-refractivity contribution in [3.05, 3.63) is 12.1 Å². The fourth-order valence-corrected chi connectivity index (χ4v) is 2.98. The lowest BCUT2D eigenvalue weighted by Gasteiger charge is -2.35. The van der Waals surface area contributed by atoms with Gasteiger partial charge >= 0.3 is 6.09 Å². The molecule has 2 bridgehead atoms. The summed E-state index contributed by atoms with van der Waals surface area (Å²) in [5.74, 6) is 1.24. The number of hydrogen-bond acceptors (Lipinski definition) is 6. The van der Waals surface area contributed by atoms with Crippen molar-refractivity contribution in [1.82, 2.24) is 15.1 Å². The Kier molecular flexibility index (Phi) is 3.15. The minimum atomic E-state index is -0.457. The van der Waals surface area contributed by atoms with Gasteiger partial charge < -0.3 is 20.3 Å². The van der Waals surface area contributed by atoms with Crippen molar-refractivity contribution in [1.29, 1.82) is 0 Å². The van der Waals surface area contributed by atoms with Gasteiger partial charge in [-0.25, -0.2) is 4.79 Å². The maximum absolute atomic E-state index is 12.2. The summed E-state index contributed by atoms with van der Waals surface area (Å²) in [5, 5.41) is 8.02. The second-order valence-electron chi connectivity index (χ2n) is 6.64. The molecule has 0 aromatic carbocycles. The zero-order chi connectivity index (χ0) is 15.2. The molecule has 2 aliphatic heterocycles. The molecule has 2 fully saturated rings. The van der Waals surface area contributed by atoms with Crippen molar-refractivity contribution in [2.75, 3.05) is 23.7 Å². The van der Waals surface area contributed by atoms with Gasteiger partial charge in [-0.3, -0.25) is 0 Å². The van der Waals surface area contributed by atoms with E-state index in [-0.39, 0.29) is 18.2 Å². The molecule has 21 heavy (non-hydrogen) atoms. The Morgan fingerprint density at radius 3 is 2.57 bits per heavy atom. The first-order valence-electron chi connectivity index (χ1n) is 7.19. The molecule has 0 aliphatic carbocycles. The average molecular weight is 291 g/mol. The number of rotatable bonds is 1. The third-order valence-corrected chi connectivity index (χ3v) is 3.83. The van der Waals surface area contributed by atoms with Gasteiger partial charge in [0.15, 0.2) is 5.82 Å². The van der Waals surface area contributed by atoms with E-state index in [9.17, 15) is 4.79 Å². The van der Waals surface area contributed by atoms with Gasteiger partial charge in [-0.15, -0.1) is 10.2 Å². The maximum Gasteiger partial charge on any atom is 0.410 e. The Balaban J connectivity index is 1.66. The van der Waals surface area contributed by atoms with Crippen molar-refractivity contribution in [3.63, 3.8) is 0 Å². The molecule has 114 valence electrons. The van der Waals surface area contributed by atoms with Crippen molar-refractivity contribution in [3.8, 4) is 0 Å². The molecule has 7 nitrogen and oxygen atoms in total. The van der Waals surface area contributed by atoms with Crippen LogP contribution in [0.15, 0.2) is 12.1 Å². The fourth-order valence-electron chi connectivity index (χ4n) is 2.98. The van der Waals surface area contributed by atoms with Gasteiger partial charge in [-0.2, -0.15) is 0 Å². The van der Waals surface area contributed by atoms with E-state index < -0.39 is 5.60 Å². The number of carbonyl (C=O) groups excluding carboxylic acids is 1. The molecular weight excluding hydrogens is 270 g/mol. The van der Waals surface area contributed by atoms with Crippen LogP contribution in [-0.4, -0.2) is 52.0 Å². The SMILES string of the molecule is CC(C)(C)OC(=O)N1C[C@H]2C[C@@H]1CN2c1ccc(N)nn1. The first-order valence-corrected chi connectivity index (χ1v) is 7.19. The standard InChI is InChI=1S/C14H21N5O2/c1-14(2,3)21-13(20)19-8-9-6-10(19)7-18(9)12-5-4-11(15)16-17-12/h4-5,9-10H,6-8H2,1-3H3,(H2,15,16)/t9-,10-/m1/s1. The van der Waals surface area contributed by atoms with Crippen LogP contribution in [0.2, 0.25) is 0 Å². The minimum Gasteiger partial charge on any atom is -0.444 e. The summed E-state index contributed by atoms with van der Waals surface area (Å²) in [6.07, 6.45) is 0.726. The van der Waals surface area contributed by atoms with Crippen LogP contribution in [0, 0.1) is 0 Å². The number of anilines is 2. The summed E-state index contributed by atoms with van der Waals surface area (Å²) >= 11 is 0. The number of carbonyl (C=O) groups is 1. The van der Waals surface area contributed by atoms with Gasteiger partial charge in [0, 0.05) is 13.1 Å². The highest BCUT2D eigenvalue weighted by Crippen LogP contribution is 2.34. The van der Waals surface area contributed by atoms with Crippen molar-refractivity contribution < 1.29 is 9.53 Å². The molecule has 3 heterocycles. The van der Waals surface area contributed by atoms with E-state index in [1.807, 2.05) is 31.7 Å². The molecule has 2 saturated heterocycles. The first kappa shape index (κ1) is 13.9. The predicted octanol–water partition coefficient (Wildman–Crippen LogP) is 1.26. The number of nitrogens with zero attached hydrogens (tertiary/aromatic N) is 4. The second-order valence-corrected chi connectivity index (χ2v) is 6.64. The van der Waals surface area contributed by atoms with E-state index >= 15 is 0 Å². The molecule has 7 heteroatoms. The summed E-state index contributed by atoms with van der Waals surface area (Å²) in [4.78, 5) is 16.2. The molecule has 2 N–H and O–H groups in total. The quantitative estimate of drug-likeness (QED) is 0.838. The second kappa shape index (κ2) is 4.75. The lowest BCUT2D eigenvalue weighted by Crippen LogP contribution is -2.50. The molecule has 0 unspecified atom stereocenters. The lowest BCUT2D eigenvalue weighted by molar-refractivity contribution is 0.0214. The number of likely N-dealkylation sites (tertiary alicyclic amines) is 1. The van der Waals surface area contributed by atoms with Crippen molar-refractivity contribution >= 4 is 17.7 Å². The molecule has 0 saturated carbocycles. The number of aromatic nitrogens is 2. The molecule has 1 aromatic heterocycles. The third kappa shape index (κ3) is 2.72. The van der Waals surface area contributed by atoms with Crippen LogP contribution < -0.4 is 10.6 Å². The van der Waals surface area contributed by atoms with E-state index in [0.29, 0.717) is 12.4 Å². The van der Waals surface area contributed by atoms with Crippen LogP contribution in [0.5, 0.6) is 0 Å². The monoisotopic (exact) mass is 291 g/mol. The average Bonchev–Trinajstić information content (AvgIpc) is 2.97. The Labute approximate surface area is 124 Å². The molecular formula is C14H21N5O2. The Morgan fingerprint density at radius 2 is 2.05 bits per heavy atom. The van der Waals surface area contributed by atoms with Gasteiger partial charge in [0.2, 0.25) is 0 Å². The summed E-state index contributed by atoms with van der Waals surface area (Å²) < 4.78 is 5.45. The zero-order valence-corrected chi connectivity index (χ0v) is 12.6. The largest absolute Gasteiger partial charge is 0.444 e. The smallest absolute Gasteiger partial charge is 0.410 e. The Bertz CT molecular complexity index is 539. The van der Waals surface area contributed by atoms with E-state index in [4.69, 9.17) is 10.5 Å². The number of piperazine rings is 1. The highest BCUT2D eigenvalue weighted by atomic mass is 16.6. The van der Waals surface area contributed by atoms with Gasteiger partial charge in [0.1, 0.15) is 11.4 Å².